The maximum atomic E-state index is 12.6. The lowest BCUT2D eigenvalue weighted by Gasteiger charge is -2.65. The van der Waals surface area contributed by atoms with Gasteiger partial charge in [-0.3, -0.25) is 4.79 Å². The van der Waals surface area contributed by atoms with Crippen LogP contribution in [0.3, 0.4) is 0 Å². The SMILES string of the molecule is CC1(C)CC(=O)CC2(C)C1CC(O)C1CC3CC12CC=C3CO. The molecule has 3 heteroatoms. The van der Waals surface area contributed by atoms with E-state index in [1.807, 2.05) is 0 Å². The van der Waals surface area contributed by atoms with E-state index in [1.165, 1.54) is 5.57 Å². The van der Waals surface area contributed by atoms with Crippen molar-refractivity contribution in [2.45, 2.75) is 65.4 Å². The lowest BCUT2D eigenvalue weighted by Crippen LogP contribution is -2.62. The van der Waals surface area contributed by atoms with Crippen molar-refractivity contribution in [3.05, 3.63) is 11.6 Å². The minimum Gasteiger partial charge on any atom is -0.393 e. The number of allylic oxidation sites excluding steroid dienone is 1. The van der Waals surface area contributed by atoms with E-state index in [0.29, 0.717) is 30.5 Å². The molecule has 0 aliphatic heterocycles. The van der Waals surface area contributed by atoms with E-state index in [0.717, 1.165) is 25.7 Å². The predicted octanol–water partition coefficient (Wildman–Crippen LogP) is 3.10. The van der Waals surface area contributed by atoms with Gasteiger partial charge in [-0.2, -0.15) is 0 Å². The van der Waals surface area contributed by atoms with E-state index in [4.69, 9.17) is 0 Å². The summed E-state index contributed by atoms with van der Waals surface area (Å²) in [6.45, 7) is 6.94. The molecule has 4 aliphatic rings. The summed E-state index contributed by atoms with van der Waals surface area (Å²) in [5.41, 5.74) is 1.18. The highest BCUT2D eigenvalue weighted by Gasteiger charge is 2.69. The molecule has 0 radical (unpaired) electrons. The molecule has 6 unspecified atom stereocenters. The summed E-state index contributed by atoms with van der Waals surface area (Å²) in [6.07, 6.45) is 7.13. The topological polar surface area (TPSA) is 57.5 Å². The molecular weight excluding hydrogens is 288 g/mol. The predicted molar refractivity (Wildman–Crippen MR) is 88.7 cm³/mol. The van der Waals surface area contributed by atoms with Crippen molar-refractivity contribution in [3.63, 3.8) is 0 Å². The van der Waals surface area contributed by atoms with Crippen LogP contribution in [0.15, 0.2) is 11.6 Å². The standard InChI is InChI=1S/C20H30O3/c1-18(2)9-14(22)10-19(3)17(18)7-16(23)15-6-13-8-20(15,19)5-4-12(13)11-21/h4,13,15-17,21,23H,5-11H2,1-3H3. The van der Waals surface area contributed by atoms with Crippen molar-refractivity contribution in [2.75, 3.05) is 6.61 Å². The number of carbonyl (C=O) groups is 1. The van der Waals surface area contributed by atoms with Gasteiger partial charge in [-0.05, 0) is 65.3 Å². The maximum absolute atomic E-state index is 12.6. The van der Waals surface area contributed by atoms with Crippen LogP contribution < -0.4 is 0 Å². The van der Waals surface area contributed by atoms with Gasteiger partial charge in [-0.15, -0.1) is 0 Å². The van der Waals surface area contributed by atoms with Gasteiger partial charge in [-0.25, -0.2) is 0 Å². The van der Waals surface area contributed by atoms with Crippen LogP contribution in [0.2, 0.25) is 0 Å². The molecule has 0 aromatic rings. The minimum absolute atomic E-state index is 0.0119. The number of ketones is 1. The van der Waals surface area contributed by atoms with E-state index >= 15 is 0 Å². The molecule has 128 valence electrons. The van der Waals surface area contributed by atoms with Crippen LogP contribution in [0.4, 0.5) is 0 Å². The van der Waals surface area contributed by atoms with Crippen LogP contribution in [0, 0.1) is 34.0 Å². The van der Waals surface area contributed by atoms with Crippen molar-refractivity contribution >= 4 is 5.78 Å². The highest BCUT2D eigenvalue weighted by molar-refractivity contribution is 5.81. The van der Waals surface area contributed by atoms with Crippen molar-refractivity contribution < 1.29 is 15.0 Å². The molecule has 0 heterocycles. The van der Waals surface area contributed by atoms with Crippen molar-refractivity contribution in [1.29, 1.82) is 0 Å². The fraction of sp³-hybridized carbons (Fsp3) is 0.850. The van der Waals surface area contributed by atoms with Gasteiger partial charge in [0.2, 0.25) is 0 Å². The Hall–Kier alpha value is -0.670. The third-order valence-corrected chi connectivity index (χ3v) is 8.30. The monoisotopic (exact) mass is 318 g/mol. The average Bonchev–Trinajstić information content (AvgIpc) is 2.77. The molecule has 4 aliphatic carbocycles. The number of fused-ring (bicyclic) bond motifs is 2. The van der Waals surface area contributed by atoms with Crippen LogP contribution in [0.25, 0.3) is 0 Å². The third kappa shape index (κ3) is 1.87. The lowest BCUT2D eigenvalue weighted by atomic mass is 9.39. The number of aliphatic hydroxyl groups excluding tert-OH is 2. The first-order chi connectivity index (χ1) is 10.7. The zero-order valence-corrected chi connectivity index (χ0v) is 14.6. The van der Waals surface area contributed by atoms with Gasteiger partial charge in [0.15, 0.2) is 0 Å². The van der Waals surface area contributed by atoms with Gasteiger partial charge in [0, 0.05) is 12.8 Å². The largest absolute Gasteiger partial charge is 0.393 e. The highest BCUT2D eigenvalue weighted by atomic mass is 16.3. The first kappa shape index (κ1) is 15.8. The van der Waals surface area contributed by atoms with Crippen LogP contribution in [-0.2, 0) is 4.79 Å². The smallest absolute Gasteiger partial charge is 0.134 e. The molecule has 1 spiro atoms. The zero-order valence-electron chi connectivity index (χ0n) is 14.6. The summed E-state index contributed by atoms with van der Waals surface area (Å²) in [5.74, 6) is 1.50. The summed E-state index contributed by atoms with van der Waals surface area (Å²) in [7, 11) is 0. The van der Waals surface area contributed by atoms with Crippen LogP contribution in [0.1, 0.15) is 59.3 Å². The summed E-state index contributed by atoms with van der Waals surface area (Å²) in [6, 6.07) is 0. The second-order valence-electron chi connectivity index (χ2n) is 9.69. The van der Waals surface area contributed by atoms with Gasteiger partial charge in [-0.1, -0.05) is 26.8 Å². The molecule has 2 bridgehead atoms. The molecule has 0 saturated heterocycles. The highest BCUT2D eigenvalue weighted by Crippen LogP contribution is 2.73. The normalized spacial score (nSPS) is 51.0. The number of carbonyl (C=O) groups excluding carboxylic acids is 1. The molecule has 3 nitrogen and oxygen atoms in total. The number of aliphatic hydroxyl groups is 2. The van der Waals surface area contributed by atoms with E-state index in [2.05, 4.69) is 26.8 Å². The van der Waals surface area contributed by atoms with Gasteiger partial charge in [0.25, 0.3) is 0 Å². The fourth-order valence-corrected chi connectivity index (χ4v) is 7.41. The Morgan fingerprint density at radius 3 is 2.65 bits per heavy atom. The van der Waals surface area contributed by atoms with E-state index < -0.39 is 0 Å². The van der Waals surface area contributed by atoms with Gasteiger partial charge >= 0.3 is 0 Å². The summed E-state index contributed by atoms with van der Waals surface area (Å²) >= 11 is 0. The molecule has 0 aromatic carbocycles. The zero-order chi connectivity index (χ0) is 16.6. The number of hydrogen-bond donors (Lipinski definition) is 2. The summed E-state index contributed by atoms with van der Waals surface area (Å²) in [4.78, 5) is 12.6. The molecule has 23 heavy (non-hydrogen) atoms. The second-order valence-corrected chi connectivity index (χ2v) is 9.69. The third-order valence-electron chi connectivity index (χ3n) is 8.30. The Balaban J connectivity index is 1.84. The van der Waals surface area contributed by atoms with E-state index in [1.54, 1.807) is 0 Å². The van der Waals surface area contributed by atoms with Crippen LogP contribution >= 0.6 is 0 Å². The summed E-state index contributed by atoms with van der Waals surface area (Å²) < 4.78 is 0. The molecule has 3 saturated carbocycles. The number of rotatable bonds is 1. The van der Waals surface area contributed by atoms with E-state index in [-0.39, 0.29) is 34.9 Å². The first-order valence-electron chi connectivity index (χ1n) is 9.23. The van der Waals surface area contributed by atoms with E-state index in [9.17, 15) is 15.0 Å². The second kappa shape index (κ2) is 4.70. The van der Waals surface area contributed by atoms with Crippen molar-refractivity contribution in [1.82, 2.24) is 0 Å². The summed E-state index contributed by atoms with van der Waals surface area (Å²) in [5, 5.41) is 20.6. The van der Waals surface area contributed by atoms with Gasteiger partial charge < -0.3 is 10.2 Å². The van der Waals surface area contributed by atoms with Gasteiger partial charge in [0.05, 0.1) is 12.7 Å². The molecular formula is C20H30O3. The Morgan fingerprint density at radius 2 is 1.96 bits per heavy atom. The molecule has 6 atom stereocenters. The Kier molecular flexibility index (Phi) is 3.23. The maximum Gasteiger partial charge on any atom is 0.134 e. The first-order valence-corrected chi connectivity index (χ1v) is 9.23. The molecule has 3 fully saturated rings. The molecule has 4 rings (SSSR count). The molecule has 2 N–H and O–H groups in total. The van der Waals surface area contributed by atoms with Crippen LogP contribution in [-0.4, -0.2) is 28.7 Å². The Labute approximate surface area is 139 Å². The molecule has 0 aromatic heterocycles. The number of Topliss-reactive ketones (excluding diaryl/α,β-unsaturated/α-hetero) is 1. The Morgan fingerprint density at radius 1 is 1.22 bits per heavy atom. The fourth-order valence-electron chi connectivity index (χ4n) is 7.41. The van der Waals surface area contributed by atoms with Gasteiger partial charge in [0.1, 0.15) is 5.78 Å². The number of hydrogen-bond acceptors (Lipinski definition) is 3. The molecule has 0 amide bonds. The Bertz CT molecular complexity index is 577. The van der Waals surface area contributed by atoms with Crippen LogP contribution in [0.5, 0.6) is 0 Å². The lowest BCUT2D eigenvalue weighted by molar-refractivity contribution is -0.189. The quantitative estimate of drug-likeness (QED) is 0.731. The average molecular weight is 318 g/mol. The van der Waals surface area contributed by atoms with Crippen molar-refractivity contribution in [3.8, 4) is 0 Å². The van der Waals surface area contributed by atoms with Crippen molar-refractivity contribution in [2.24, 2.45) is 34.0 Å². The minimum atomic E-state index is -0.253.